The van der Waals surface area contributed by atoms with Gasteiger partial charge in [-0.05, 0) is 43.7 Å². The highest BCUT2D eigenvalue weighted by Gasteiger charge is 2.42. The third-order valence-corrected chi connectivity index (χ3v) is 4.48. The summed E-state index contributed by atoms with van der Waals surface area (Å²) < 4.78 is 6.14. The van der Waals surface area contributed by atoms with E-state index in [4.69, 9.17) is 10.5 Å². The lowest BCUT2D eigenvalue weighted by molar-refractivity contribution is -0.123. The highest BCUT2D eigenvalue weighted by atomic mass is 16.5. The molecule has 0 spiro atoms. The third kappa shape index (κ3) is 3.32. The number of carbonyl (C=O) groups is 1. The lowest BCUT2D eigenvalue weighted by Gasteiger charge is -2.35. The fourth-order valence-corrected chi connectivity index (χ4v) is 3.33. The van der Waals surface area contributed by atoms with E-state index in [1.54, 1.807) is 0 Å². The van der Waals surface area contributed by atoms with Crippen LogP contribution in [0.25, 0.3) is 10.8 Å². The van der Waals surface area contributed by atoms with Crippen LogP contribution in [-0.4, -0.2) is 35.0 Å². The highest BCUT2D eigenvalue weighted by Crippen LogP contribution is 2.30. The van der Waals surface area contributed by atoms with Gasteiger partial charge in [0.1, 0.15) is 11.9 Å². The van der Waals surface area contributed by atoms with Crippen LogP contribution in [0.3, 0.4) is 0 Å². The van der Waals surface area contributed by atoms with E-state index in [0.29, 0.717) is 13.0 Å². The van der Waals surface area contributed by atoms with Crippen LogP contribution in [0.5, 0.6) is 5.75 Å². The molecule has 0 saturated carbocycles. The fraction of sp³-hybridized carbons (Fsp3) is 0.421. The molecular weight excluding hydrogens is 288 g/mol. The molecule has 0 unspecified atom stereocenters. The van der Waals surface area contributed by atoms with Crippen molar-refractivity contribution in [1.29, 1.82) is 0 Å². The predicted octanol–water partition coefficient (Wildman–Crippen LogP) is 2.95. The average Bonchev–Trinajstić information content (AvgIpc) is 2.91. The van der Waals surface area contributed by atoms with Crippen molar-refractivity contribution in [2.24, 2.45) is 5.73 Å². The first-order valence-corrected chi connectivity index (χ1v) is 8.06. The number of likely N-dealkylation sites (tertiary alicyclic amines) is 1. The van der Waals surface area contributed by atoms with E-state index in [1.807, 2.05) is 24.3 Å². The first kappa shape index (κ1) is 15.8. The average molecular weight is 312 g/mol. The lowest BCUT2D eigenvalue weighted by Crippen LogP contribution is -2.50. The van der Waals surface area contributed by atoms with Crippen LogP contribution in [0.4, 0.5) is 0 Å². The summed E-state index contributed by atoms with van der Waals surface area (Å²) in [6.07, 6.45) is 0.618. The molecule has 1 heterocycles. The topological polar surface area (TPSA) is 55.6 Å². The van der Waals surface area contributed by atoms with Crippen molar-refractivity contribution in [2.45, 2.75) is 44.9 Å². The van der Waals surface area contributed by atoms with Crippen molar-refractivity contribution in [2.75, 3.05) is 6.54 Å². The molecule has 0 aromatic heterocycles. The van der Waals surface area contributed by atoms with Gasteiger partial charge in [-0.15, -0.1) is 0 Å². The minimum absolute atomic E-state index is 0.0205. The summed E-state index contributed by atoms with van der Waals surface area (Å²) in [6.45, 7) is 7.01. The summed E-state index contributed by atoms with van der Waals surface area (Å²) in [4.78, 5) is 13.9. The minimum Gasteiger partial charge on any atom is -0.489 e. The normalized spacial score (nSPS) is 22.4. The van der Waals surface area contributed by atoms with Crippen molar-refractivity contribution in [3.8, 4) is 5.75 Å². The third-order valence-electron chi connectivity index (χ3n) is 4.48. The second-order valence-corrected chi connectivity index (χ2v) is 7.23. The molecule has 2 aromatic carbocycles. The molecule has 1 aliphatic rings. The van der Waals surface area contributed by atoms with Gasteiger partial charge < -0.3 is 10.5 Å². The Labute approximate surface area is 137 Å². The molecule has 1 fully saturated rings. The standard InChI is InChI=1S/C19H24N2O2/c1-19(2,3)21-12-16(11-17(21)18(20)22)23-15-9-8-13-6-4-5-7-14(13)10-15/h4-10,16-17H,11-12H2,1-3H3,(H2,20,22)/t16-,17-/m0/s1. The van der Waals surface area contributed by atoms with Crippen LogP contribution >= 0.6 is 0 Å². The van der Waals surface area contributed by atoms with E-state index >= 15 is 0 Å². The number of rotatable bonds is 3. The molecule has 2 atom stereocenters. The maximum absolute atomic E-state index is 11.8. The molecule has 0 radical (unpaired) electrons. The fourth-order valence-electron chi connectivity index (χ4n) is 3.33. The molecule has 1 aliphatic heterocycles. The lowest BCUT2D eigenvalue weighted by atomic mass is 10.0. The Hall–Kier alpha value is -2.07. The Bertz CT molecular complexity index is 721. The summed E-state index contributed by atoms with van der Waals surface area (Å²) in [6, 6.07) is 14.0. The van der Waals surface area contributed by atoms with Crippen molar-refractivity contribution in [3.63, 3.8) is 0 Å². The van der Waals surface area contributed by atoms with Gasteiger partial charge in [0.15, 0.2) is 0 Å². The van der Waals surface area contributed by atoms with E-state index in [-0.39, 0.29) is 23.6 Å². The van der Waals surface area contributed by atoms with Crippen LogP contribution in [0, 0.1) is 0 Å². The van der Waals surface area contributed by atoms with Crippen LogP contribution in [0.15, 0.2) is 42.5 Å². The summed E-state index contributed by atoms with van der Waals surface area (Å²) in [7, 11) is 0. The number of nitrogens with zero attached hydrogens (tertiary/aromatic N) is 1. The van der Waals surface area contributed by atoms with E-state index in [0.717, 1.165) is 11.1 Å². The monoisotopic (exact) mass is 312 g/mol. The zero-order chi connectivity index (χ0) is 16.6. The van der Waals surface area contributed by atoms with Gasteiger partial charge in [-0.3, -0.25) is 9.69 Å². The van der Waals surface area contributed by atoms with Crippen molar-refractivity contribution < 1.29 is 9.53 Å². The molecular formula is C19H24N2O2. The molecule has 4 nitrogen and oxygen atoms in total. The first-order valence-electron chi connectivity index (χ1n) is 8.06. The SMILES string of the molecule is CC(C)(C)N1C[C@@H](Oc2ccc3ccccc3c2)C[C@H]1C(N)=O. The molecule has 0 bridgehead atoms. The summed E-state index contributed by atoms with van der Waals surface area (Å²) in [5, 5.41) is 2.35. The van der Waals surface area contributed by atoms with Gasteiger partial charge >= 0.3 is 0 Å². The second kappa shape index (κ2) is 5.85. The Morgan fingerprint density at radius 3 is 2.48 bits per heavy atom. The van der Waals surface area contributed by atoms with Gasteiger partial charge in [-0.2, -0.15) is 0 Å². The van der Waals surface area contributed by atoms with Gasteiger partial charge in [0.25, 0.3) is 0 Å². The Morgan fingerprint density at radius 2 is 1.87 bits per heavy atom. The van der Waals surface area contributed by atoms with E-state index < -0.39 is 0 Å². The zero-order valence-corrected chi connectivity index (χ0v) is 14.0. The number of ether oxygens (including phenoxy) is 1. The maximum Gasteiger partial charge on any atom is 0.234 e. The maximum atomic E-state index is 11.8. The molecule has 23 heavy (non-hydrogen) atoms. The molecule has 4 heteroatoms. The summed E-state index contributed by atoms with van der Waals surface area (Å²) in [5.41, 5.74) is 5.47. The predicted molar refractivity (Wildman–Crippen MR) is 92.4 cm³/mol. The number of primary amides is 1. The number of hydrogen-bond donors (Lipinski definition) is 1. The zero-order valence-electron chi connectivity index (χ0n) is 14.0. The van der Waals surface area contributed by atoms with Gasteiger partial charge in [-0.1, -0.05) is 30.3 Å². The molecule has 1 amide bonds. The van der Waals surface area contributed by atoms with Crippen molar-refractivity contribution in [3.05, 3.63) is 42.5 Å². The van der Waals surface area contributed by atoms with Crippen LogP contribution in [0.2, 0.25) is 0 Å². The van der Waals surface area contributed by atoms with Crippen molar-refractivity contribution >= 4 is 16.7 Å². The van der Waals surface area contributed by atoms with Crippen LogP contribution in [0.1, 0.15) is 27.2 Å². The Morgan fingerprint density at radius 1 is 1.17 bits per heavy atom. The summed E-state index contributed by atoms with van der Waals surface area (Å²) in [5.74, 6) is 0.567. The summed E-state index contributed by atoms with van der Waals surface area (Å²) >= 11 is 0. The number of carbonyl (C=O) groups excluding carboxylic acids is 1. The van der Waals surface area contributed by atoms with Crippen LogP contribution < -0.4 is 10.5 Å². The van der Waals surface area contributed by atoms with Crippen molar-refractivity contribution in [1.82, 2.24) is 4.90 Å². The smallest absolute Gasteiger partial charge is 0.234 e. The van der Waals surface area contributed by atoms with E-state index in [1.165, 1.54) is 5.39 Å². The molecule has 2 aromatic rings. The van der Waals surface area contributed by atoms with Gasteiger partial charge in [-0.25, -0.2) is 0 Å². The first-order chi connectivity index (χ1) is 10.8. The molecule has 3 rings (SSSR count). The molecule has 122 valence electrons. The molecule has 1 saturated heterocycles. The quantitative estimate of drug-likeness (QED) is 0.948. The number of hydrogen-bond acceptors (Lipinski definition) is 3. The number of fused-ring (bicyclic) bond motifs is 1. The van der Waals surface area contributed by atoms with Crippen LogP contribution in [-0.2, 0) is 4.79 Å². The number of nitrogens with two attached hydrogens (primary N) is 1. The second-order valence-electron chi connectivity index (χ2n) is 7.23. The Balaban J connectivity index is 1.78. The highest BCUT2D eigenvalue weighted by molar-refractivity contribution is 5.83. The van der Waals surface area contributed by atoms with E-state index in [2.05, 4.69) is 43.9 Å². The van der Waals surface area contributed by atoms with Gasteiger partial charge in [0.2, 0.25) is 5.91 Å². The van der Waals surface area contributed by atoms with Gasteiger partial charge in [0, 0.05) is 18.5 Å². The largest absolute Gasteiger partial charge is 0.489 e. The Kier molecular flexibility index (Phi) is 4.02. The molecule has 2 N–H and O–H groups in total. The minimum atomic E-state index is -0.274. The number of benzene rings is 2. The number of amides is 1. The van der Waals surface area contributed by atoms with E-state index in [9.17, 15) is 4.79 Å². The molecule has 0 aliphatic carbocycles. The van der Waals surface area contributed by atoms with Gasteiger partial charge in [0.05, 0.1) is 6.04 Å².